The van der Waals surface area contributed by atoms with Gasteiger partial charge in [-0.1, -0.05) is 35.3 Å². The molecular weight excluding hydrogens is 369 g/mol. The van der Waals surface area contributed by atoms with Gasteiger partial charge in [-0.15, -0.1) is 0 Å². The predicted molar refractivity (Wildman–Crippen MR) is 108 cm³/mol. The molecule has 1 aliphatic heterocycles. The molecule has 1 heterocycles. The maximum Gasteiger partial charge on any atom is 0.118 e. The van der Waals surface area contributed by atoms with E-state index in [-0.39, 0.29) is 12.1 Å². The number of halogens is 2. The zero-order valence-corrected chi connectivity index (χ0v) is 16.9. The van der Waals surface area contributed by atoms with Gasteiger partial charge >= 0.3 is 0 Å². The third-order valence-corrected chi connectivity index (χ3v) is 5.61. The van der Waals surface area contributed by atoms with Crippen molar-refractivity contribution in [1.29, 1.82) is 0 Å². The highest BCUT2D eigenvalue weighted by atomic mass is 35.5. The molecule has 2 aromatic rings. The Bertz CT molecular complexity index is 764. The van der Waals surface area contributed by atoms with E-state index in [0.717, 1.165) is 24.4 Å². The molecule has 26 heavy (non-hydrogen) atoms. The lowest BCUT2D eigenvalue weighted by Crippen LogP contribution is -2.36. The molecule has 2 atom stereocenters. The first kappa shape index (κ1) is 19.5. The van der Waals surface area contributed by atoms with Gasteiger partial charge in [-0.25, -0.2) is 0 Å². The molecule has 0 aromatic heterocycles. The molecule has 3 rings (SSSR count). The number of hydrogen-bond donors (Lipinski definition) is 1. The molecule has 2 unspecified atom stereocenters. The lowest BCUT2D eigenvalue weighted by Gasteiger charge is -2.32. The molecule has 6 heteroatoms. The Morgan fingerprint density at radius 1 is 1.23 bits per heavy atom. The van der Waals surface area contributed by atoms with Crippen LogP contribution >= 0.6 is 23.2 Å². The molecule has 1 aliphatic rings. The van der Waals surface area contributed by atoms with Crippen LogP contribution in [0.25, 0.3) is 0 Å². The van der Waals surface area contributed by atoms with Crippen molar-refractivity contribution in [1.82, 2.24) is 9.80 Å². The molecule has 0 aliphatic carbocycles. The number of benzene rings is 2. The highest BCUT2D eigenvalue weighted by Gasteiger charge is 2.33. The topological polar surface area (TPSA) is 41.7 Å². The second-order valence-electron chi connectivity index (χ2n) is 6.89. The van der Waals surface area contributed by atoms with E-state index >= 15 is 0 Å². The Labute approximate surface area is 165 Å². The van der Waals surface area contributed by atoms with Crippen LogP contribution in [0.3, 0.4) is 0 Å². The fourth-order valence-corrected chi connectivity index (χ4v) is 4.39. The summed E-state index contributed by atoms with van der Waals surface area (Å²) in [6.07, 6.45) is 0. The number of likely N-dealkylation sites (N-methyl/N-ethyl adjacent to an activating group) is 1. The zero-order chi connectivity index (χ0) is 18.8. The van der Waals surface area contributed by atoms with Crippen LogP contribution in [0.2, 0.25) is 10.0 Å². The third kappa shape index (κ3) is 3.85. The van der Waals surface area contributed by atoms with Gasteiger partial charge in [-0.3, -0.25) is 4.90 Å². The second-order valence-corrected chi connectivity index (χ2v) is 7.74. The SMILES string of the molecule is COc1ccc(C(CN2Cc3cc(Cl)cc(Cl)c3C2CN)N(C)C)cc1. The number of ether oxygens (including phenoxy) is 1. The monoisotopic (exact) mass is 393 g/mol. The molecule has 2 N–H and O–H groups in total. The number of fused-ring (bicyclic) bond motifs is 1. The molecule has 0 radical (unpaired) electrons. The Morgan fingerprint density at radius 3 is 2.50 bits per heavy atom. The summed E-state index contributed by atoms with van der Waals surface area (Å²) in [5.41, 5.74) is 9.64. The zero-order valence-electron chi connectivity index (χ0n) is 15.4. The molecule has 2 aromatic carbocycles. The van der Waals surface area contributed by atoms with Crippen molar-refractivity contribution in [3.63, 3.8) is 0 Å². The smallest absolute Gasteiger partial charge is 0.118 e. The first-order valence-corrected chi connectivity index (χ1v) is 9.42. The summed E-state index contributed by atoms with van der Waals surface area (Å²) in [4.78, 5) is 4.62. The van der Waals surface area contributed by atoms with Crippen LogP contribution in [0.1, 0.15) is 28.8 Å². The lowest BCUT2D eigenvalue weighted by atomic mass is 10.0. The van der Waals surface area contributed by atoms with Crippen molar-refractivity contribution in [2.45, 2.75) is 18.6 Å². The number of nitrogens with zero attached hydrogens (tertiary/aromatic N) is 2. The van der Waals surface area contributed by atoms with Gasteiger partial charge in [0.15, 0.2) is 0 Å². The Balaban J connectivity index is 1.86. The molecule has 0 saturated heterocycles. The maximum atomic E-state index is 6.47. The van der Waals surface area contributed by atoms with Gasteiger partial charge in [0.1, 0.15) is 5.75 Å². The minimum absolute atomic E-state index is 0.107. The van der Waals surface area contributed by atoms with Crippen molar-refractivity contribution >= 4 is 23.2 Å². The van der Waals surface area contributed by atoms with E-state index in [1.54, 1.807) is 13.2 Å². The normalized spacial score (nSPS) is 18.2. The van der Waals surface area contributed by atoms with Gasteiger partial charge in [-0.2, -0.15) is 0 Å². The summed E-state index contributed by atoms with van der Waals surface area (Å²) in [5, 5.41) is 1.38. The van der Waals surface area contributed by atoms with Gasteiger partial charge in [0.05, 0.1) is 7.11 Å². The first-order valence-electron chi connectivity index (χ1n) is 8.67. The molecule has 0 amide bonds. The lowest BCUT2D eigenvalue weighted by molar-refractivity contribution is 0.151. The molecule has 0 fully saturated rings. The van der Waals surface area contributed by atoms with E-state index in [4.69, 9.17) is 33.7 Å². The second kappa shape index (κ2) is 8.15. The Kier molecular flexibility index (Phi) is 6.10. The highest BCUT2D eigenvalue weighted by molar-refractivity contribution is 6.35. The van der Waals surface area contributed by atoms with Crippen LogP contribution < -0.4 is 10.5 Å². The standard InChI is InChI=1S/C20H25Cl2N3O/c1-24(2)19(13-4-6-16(26-3)7-5-13)12-25-11-14-8-15(21)9-17(22)20(14)18(25)10-23/h4-9,18-19H,10-12,23H2,1-3H3. The summed E-state index contributed by atoms with van der Waals surface area (Å²) >= 11 is 12.7. The predicted octanol–water partition coefficient (Wildman–Crippen LogP) is 4.12. The van der Waals surface area contributed by atoms with Gasteiger partial charge in [0, 0.05) is 41.8 Å². The fraction of sp³-hybridized carbons (Fsp3) is 0.400. The van der Waals surface area contributed by atoms with Crippen LogP contribution in [0.4, 0.5) is 0 Å². The van der Waals surface area contributed by atoms with Crippen molar-refractivity contribution in [3.8, 4) is 5.75 Å². The van der Waals surface area contributed by atoms with Gasteiger partial charge in [-0.05, 0) is 55.1 Å². The van der Waals surface area contributed by atoms with Crippen molar-refractivity contribution in [2.24, 2.45) is 5.73 Å². The van der Waals surface area contributed by atoms with Crippen LogP contribution in [0, 0.1) is 0 Å². The summed E-state index contributed by atoms with van der Waals surface area (Å²) in [5.74, 6) is 0.862. The van der Waals surface area contributed by atoms with E-state index in [2.05, 4.69) is 36.0 Å². The third-order valence-electron chi connectivity index (χ3n) is 5.08. The molecular formula is C20H25Cl2N3O. The summed E-state index contributed by atoms with van der Waals surface area (Å²) in [7, 11) is 5.87. The van der Waals surface area contributed by atoms with Crippen molar-refractivity contribution < 1.29 is 4.74 Å². The van der Waals surface area contributed by atoms with Crippen LogP contribution in [0.5, 0.6) is 5.75 Å². The van der Waals surface area contributed by atoms with Crippen molar-refractivity contribution in [3.05, 3.63) is 63.1 Å². The largest absolute Gasteiger partial charge is 0.497 e. The number of nitrogens with two attached hydrogens (primary N) is 1. The fourth-order valence-electron chi connectivity index (χ4n) is 3.73. The Morgan fingerprint density at radius 2 is 1.92 bits per heavy atom. The summed E-state index contributed by atoms with van der Waals surface area (Å²) < 4.78 is 5.28. The molecule has 140 valence electrons. The van der Waals surface area contributed by atoms with Crippen LogP contribution in [0.15, 0.2) is 36.4 Å². The van der Waals surface area contributed by atoms with E-state index < -0.39 is 0 Å². The average Bonchev–Trinajstić information content (AvgIpc) is 2.96. The van der Waals surface area contributed by atoms with Gasteiger partial charge < -0.3 is 15.4 Å². The molecule has 4 nitrogen and oxygen atoms in total. The van der Waals surface area contributed by atoms with E-state index in [1.165, 1.54) is 11.1 Å². The minimum Gasteiger partial charge on any atom is -0.497 e. The van der Waals surface area contributed by atoms with E-state index in [9.17, 15) is 0 Å². The first-order chi connectivity index (χ1) is 12.4. The van der Waals surface area contributed by atoms with Crippen LogP contribution in [-0.2, 0) is 6.54 Å². The number of rotatable bonds is 6. The molecule has 0 bridgehead atoms. The van der Waals surface area contributed by atoms with E-state index in [1.807, 2.05) is 18.2 Å². The summed E-state index contributed by atoms with van der Waals surface area (Å²) in [6.45, 7) is 2.18. The quantitative estimate of drug-likeness (QED) is 0.801. The molecule has 0 spiro atoms. The maximum absolute atomic E-state index is 6.47. The van der Waals surface area contributed by atoms with Gasteiger partial charge in [0.25, 0.3) is 0 Å². The number of methoxy groups -OCH3 is 1. The van der Waals surface area contributed by atoms with Gasteiger partial charge in [0.2, 0.25) is 0 Å². The minimum atomic E-state index is 0.107. The number of hydrogen-bond acceptors (Lipinski definition) is 4. The van der Waals surface area contributed by atoms with Crippen LogP contribution in [-0.4, -0.2) is 44.1 Å². The highest BCUT2D eigenvalue weighted by Crippen LogP contribution is 2.40. The summed E-state index contributed by atoms with van der Waals surface area (Å²) in [6, 6.07) is 12.4. The Hall–Kier alpha value is -1.30. The van der Waals surface area contributed by atoms with E-state index in [0.29, 0.717) is 16.6 Å². The van der Waals surface area contributed by atoms with Crippen molar-refractivity contribution in [2.75, 3.05) is 34.3 Å². The molecule has 0 saturated carbocycles. The average molecular weight is 394 g/mol.